The van der Waals surface area contributed by atoms with E-state index in [1.165, 1.54) is 10.4 Å². The van der Waals surface area contributed by atoms with Crippen LogP contribution in [0.4, 0.5) is 0 Å². The molecule has 1 aromatic heterocycles. The first-order chi connectivity index (χ1) is 12.1. The van der Waals surface area contributed by atoms with Crippen molar-refractivity contribution >= 4 is 23.2 Å². The van der Waals surface area contributed by atoms with Gasteiger partial charge in [-0.2, -0.15) is 0 Å². The molecule has 0 radical (unpaired) electrons. The van der Waals surface area contributed by atoms with Gasteiger partial charge in [-0.25, -0.2) is 0 Å². The summed E-state index contributed by atoms with van der Waals surface area (Å²) in [6.07, 6.45) is 2.84. The van der Waals surface area contributed by atoms with Crippen LogP contribution in [0.5, 0.6) is 0 Å². The number of carboxylic acids is 1. The highest BCUT2D eigenvalue weighted by atomic mass is 32.1. The molecule has 6 nitrogen and oxygen atoms in total. The lowest BCUT2D eigenvalue weighted by atomic mass is 10.0. The highest BCUT2D eigenvalue weighted by Gasteiger charge is 2.28. The lowest BCUT2D eigenvalue weighted by Gasteiger charge is -2.38. The van der Waals surface area contributed by atoms with E-state index in [0.29, 0.717) is 12.6 Å². The van der Waals surface area contributed by atoms with E-state index < -0.39 is 5.97 Å². The third-order valence-electron chi connectivity index (χ3n) is 5.34. The summed E-state index contributed by atoms with van der Waals surface area (Å²) in [5.74, 6) is -0.550. The minimum Gasteiger partial charge on any atom is -0.480 e. The molecule has 0 bridgehead atoms. The number of likely N-dealkylation sites (tertiary alicyclic amines) is 1. The van der Waals surface area contributed by atoms with Crippen LogP contribution >= 0.6 is 11.3 Å². The predicted molar refractivity (Wildman–Crippen MR) is 97.8 cm³/mol. The Morgan fingerprint density at radius 3 is 2.76 bits per heavy atom. The molecule has 1 amide bonds. The van der Waals surface area contributed by atoms with E-state index in [1.54, 1.807) is 11.3 Å². The van der Waals surface area contributed by atoms with Gasteiger partial charge in [0.1, 0.15) is 0 Å². The molecule has 1 aromatic rings. The Labute approximate surface area is 153 Å². The highest BCUT2D eigenvalue weighted by Crippen LogP contribution is 2.24. The summed E-state index contributed by atoms with van der Waals surface area (Å²) in [5, 5.41) is 11.1. The summed E-state index contributed by atoms with van der Waals surface area (Å²) in [6.45, 7) is 6.66. The van der Waals surface area contributed by atoms with Crippen molar-refractivity contribution < 1.29 is 14.7 Å². The summed E-state index contributed by atoms with van der Waals surface area (Å²) in [6, 6.07) is 2.45. The van der Waals surface area contributed by atoms with E-state index in [-0.39, 0.29) is 12.5 Å². The molecule has 25 heavy (non-hydrogen) atoms. The van der Waals surface area contributed by atoms with E-state index >= 15 is 0 Å². The molecule has 1 N–H and O–H groups in total. The fourth-order valence-corrected chi connectivity index (χ4v) is 4.76. The number of carbonyl (C=O) groups is 2. The molecule has 0 atom stereocenters. The normalized spacial score (nSPS) is 19.2. The maximum Gasteiger partial charge on any atom is 0.317 e. The SMILES string of the molecule is CCN(CC(=O)O)C1CCN(CC(=O)N2CCc3sccc3C2)CC1. The summed E-state index contributed by atoms with van der Waals surface area (Å²) >= 11 is 1.79. The van der Waals surface area contributed by atoms with Crippen LogP contribution in [-0.4, -0.2) is 77.0 Å². The van der Waals surface area contributed by atoms with Gasteiger partial charge >= 0.3 is 5.97 Å². The van der Waals surface area contributed by atoms with E-state index in [9.17, 15) is 9.59 Å². The van der Waals surface area contributed by atoms with Crippen molar-refractivity contribution in [3.63, 3.8) is 0 Å². The van der Waals surface area contributed by atoms with Crippen LogP contribution in [0.2, 0.25) is 0 Å². The number of carboxylic acid groups (broad SMARTS) is 1. The van der Waals surface area contributed by atoms with Gasteiger partial charge in [-0.05, 0) is 42.8 Å². The van der Waals surface area contributed by atoms with Crippen molar-refractivity contribution in [2.45, 2.75) is 38.8 Å². The number of hydrogen-bond acceptors (Lipinski definition) is 5. The first-order valence-corrected chi connectivity index (χ1v) is 9.96. The summed E-state index contributed by atoms with van der Waals surface area (Å²) in [5.41, 5.74) is 1.30. The molecule has 3 heterocycles. The molecule has 1 fully saturated rings. The zero-order valence-electron chi connectivity index (χ0n) is 14.8. The van der Waals surface area contributed by atoms with Crippen LogP contribution in [0.25, 0.3) is 0 Å². The van der Waals surface area contributed by atoms with Gasteiger partial charge in [0.05, 0.1) is 13.1 Å². The Kier molecular flexibility index (Phi) is 6.09. The number of piperidine rings is 1. The zero-order valence-corrected chi connectivity index (χ0v) is 15.6. The second-order valence-corrected chi connectivity index (χ2v) is 7.90. The molecule has 3 rings (SSSR count). The number of nitrogens with zero attached hydrogens (tertiary/aromatic N) is 3. The van der Waals surface area contributed by atoms with Crippen molar-refractivity contribution in [3.8, 4) is 0 Å². The van der Waals surface area contributed by atoms with E-state index in [2.05, 4.69) is 16.3 Å². The molecule has 2 aliphatic heterocycles. The second-order valence-electron chi connectivity index (χ2n) is 6.90. The maximum atomic E-state index is 12.6. The van der Waals surface area contributed by atoms with Crippen LogP contribution in [0.15, 0.2) is 11.4 Å². The van der Waals surface area contributed by atoms with Crippen molar-refractivity contribution in [3.05, 3.63) is 21.9 Å². The average molecular weight is 365 g/mol. The number of hydrogen-bond donors (Lipinski definition) is 1. The van der Waals surface area contributed by atoms with Crippen LogP contribution in [0, 0.1) is 0 Å². The Balaban J connectivity index is 1.46. The maximum absolute atomic E-state index is 12.6. The van der Waals surface area contributed by atoms with E-state index in [4.69, 9.17) is 5.11 Å². The lowest BCUT2D eigenvalue weighted by molar-refractivity contribution is -0.139. The third-order valence-corrected chi connectivity index (χ3v) is 6.36. The standard InChI is InChI=1S/C18H27N3O3S/c1-2-20(13-18(23)24)15-3-7-19(8-4-15)12-17(22)21-9-5-16-14(11-21)6-10-25-16/h6,10,15H,2-5,7-9,11-13H2,1H3,(H,23,24). The fraction of sp³-hybridized carbons (Fsp3) is 0.667. The Bertz CT molecular complexity index is 610. The molecule has 0 aromatic carbocycles. The molecule has 0 unspecified atom stereocenters. The van der Waals surface area contributed by atoms with Crippen LogP contribution in [0.3, 0.4) is 0 Å². The number of rotatable bonds is 6. The highest BCUT2D eigenvalue weighted by molar-refractivity contribution is 7.10. The van der Waals surface area contributed by atoms with Crippen molar-refractivity contribution in [1.82, 2.24) is 14.7 Å². The number of aliphatic carboxylic acids is 1. The van der Waals surface area contributed by atoms with Gasteiger partial charge in [0.2, 0.25) is 5.91 Å². The number of likely N-dealkylation sites (N-methyl/N-ethyl adjacent to an activating group) is 1. The lowest BCUT2D eigenvalue weighted by Crippen LogP contribution is -2.49. The topological polar surface area (TPSA) is 64.1 Å². The zero-order chi connectivity index (χ0) is 17.8. The van der Waals surface area contributed by atoms with Crippen LogP contribution in [0.1, 0.15) is 30.2 Å². The summed E-state index contributed by atoms with van der Waals surface area (Å²) < 4.78 is 0. The van der Waals surface area contributed by atoms with E-state index in [0.717, 1.165) is 52.0 Å². The molecule has 0 saturated carbocycles. The molecule has 2 aliphatic rings. The Morgan fingerprint density at radius 1 is 1.32 bits per heavy atom. The third kappa shape index (κ3) is 4.59. The summed E-state index contributed by atoms with van der Waals surface area (Å²) in [4.78, 5) is 31.2. The van der Waals surface area contributed by atoms with Gasteiger partial charge in [-0.3, -0.25) is 19.4 Å². The number of fused-ring (bicyclic) bond motifs is 1. The molecular formula is C18H27N3O3S. The van der Waals surface area contributed by atoms with Gasteiger partial charge < -0.3 is 10.0 Å². The van der Waals surface area contributed by atoms with Gasteiger partial charge in [0, 0.05) is 37.1 Å². The van der Waals surface area contributed by atoms with Gasteiger partial charge in [-0.1, -0.05) is 6.92 Å². The number of thiophene rings is 1. The van der Waals surface area contributed by atoms with Crippen molar-refractivity contribution in [1.29, 1.82) is 0 Å². The largest absolute Gasteiger partial charge is 0.480 e. The molecule has 0 aliphatic carbocycles. The fourth-order valence-electron chi connectivity index (χ4n) is 3.87. The molecule has 1 saturated heterocycles. The Hall–Kier alpha value is -1.44. The molecule has 138 valence electrons. The van der Waals surface area contributed by atoms with Crippen molar-refractivity contribution in [2.24, 2.45) is 0 Å². The summed E-state index contributed by atoms with van der Waals surface area (Å²) in [7, 11) is 0. The van der Waals surface area contributed by atoms with Gasteiger partial charge in [0.15, 0.2) is 0 Å². The minimum atomic E-state index is -0.766. The average Bonchev–Trinajstić information content (AvgIpc) is 3.08. The second kappa shape index (κ2) is 8.29. The van der Waals surface area contributed by atoms with Gasteiger partial charge in [-0.15, -0.1) is 11.3 Å². The predicted octanol–water partition coefficient (Wildman–Crippen LogP) is 1.50. The smallest absolute Gasteiger partial charge is 0.317 e. The molecule has 0 spiro atoms. The minimum absolute atomic E-state index is 0.108. The first kappa shape index (κ1) is 18.4. The molecule has 7 heteroatoms. The van der Waals surface area contributed by atoms with Crippen LogP contribution < -0.4 is 0 Å². The Morgan fingerprint density at radius 2 is 2.08 bits per heavy atom. The number of amides is 1. The molecular weight excluding hydrogens is 338 g/mol. The van der Waals surface area contributed by atoms with Gasteiger partial charge in [0.25, 0.3) is 0 Å². The van der Waals surface area contributed by atoms with Crippen molar-refractivity contribution in [2.75, 3.05) is 39.3 Å². The van der Waals surface area contributed by atoms with Crippen LogP contribution in [-0.2, 0) is 22.6 Å². The number of carbonyl (C=O) groups excluding carboxylic acids is 1. The quantitative estimate of drug-likeness (QED) is 0.828. The van der Waals surface area contributed by atoms with E-state index in [1.807, 2.05) is 16.7 Å². The first-order valence-electron chi connectivity index (χ1n) is 9.08. The monoisotopic (exact) mass is 365 g/mol.